The first kappa shape index (κ1) is 47.7. The van der Waals surface area contributed by atoms with Crippen molar-refractivity contribution < 1.29 is 47.8 Å². The van der Waals surface area contributed by atoms with Gasteiger partial charge in [0.1, 0.15) is 36.7 Å². The lowest BCUT2D eigenvalue weighted by molar-refractivity contribution is -0.916. The van der Waals surface area contributed by atoms with E-state index in [4.69, 9.17) is 19.0 Å². The number of amides is 1. The summed E-state index contributed by atoms with van der Waals surface area (Å²) in [5.74, 6) is -0.600. The lowest BCUT2D eigenvalue weighted by atomic mass is 9.88. The topological polar surface area (TPSA) is 154 Å². The fourth-order valence-corrected chi connectivity index (χ4v) is 9.28. The zero-order valence-corrected chi connectivity index (χ0v) is 39.7. The maximum absolute atomic E-state index is 13.9. The van der Waals surface area contributed by atoms with Gasteiger partial charge in [-0.25, -0.2) is 9.78 Å². The number of aromatic hydroxyl groups is 1. The predicted molar refractivity (Wildman–Crippen MR) is 249 cm³/mol. The lowest BCUT2D eigenvalue weighted by Gasteiger charge is -2.49. The van der Waals surface area contributed by atoms with E-state index in [1.165, 1.54) is 48.8 Å². The van der Waals surface area contributed by atoms with Crippen LogP contribution in [-0.2, 0) is 48.4 Å². The molecule has 0 spiro atoms. The summed E-state index contributed by atoms with van der Waals surface area (Å²) in [6, 6.07) is 21.3. The number of β-lactam (4-membered cyclic amide) rings is 1. The van der Waals surface area contributed by atoms with Crippen LogP contribution in [0.3, 0.4) is 0 Å². The maximum Gasteiger partial charge on any atom is 0.353 e. The van der Waals surface area contributed by atoms with E-state index in [1.807, 2.05) is 60.7 Å². The van der Waals surface area contributed by atoms with Crippen molar-refractivity contribution >= 4 is 58.3 Å². The number of thiazole rings is 1. The van der Waals surface area contributed by atoms with Crippen LogP contribution in [0.15, 0.2) is 94.6 Å². The largest absolute Gasteiger partial charge is 0.504 e. The van der Waals surface area contributed by atoms with E-state index in [-0.39, 0.29) is 35.3 Å². The van der Waals surface area contributed by atoms with Gasteiger partial charge in [0.05, 0.1) is 43.2 Å². The van der Waals surface area contributed by atoms with Crippen molar-refractivity contribution in [1.82, 2.24) is 9.88 Å². The van der Waals surface area contributed by atoms with Gasteiger partial charge in [-0.2, -0.15) is 0 Å². The SMILES string of the molecule is COc1ccc(COc2cc(C[N+](C)(C)Cc3ccc(C=CC4=C(C(C)=O)N5C(=O)[C@@H](CC(=O)/C(=N\OC(C)(C)C(=O)OC(C)(C)C)c6csc(C)n6)[C@H]5SC4)cc3)ccc2O)cc1. The fourth-order valence-electron chi connectivity index (χ4n) is 7.30. The standard InChI is InChI=1S/C49H56N4O9S2/c1-30(54)44-36(28-64-46-38(45(57)52(44)46)24-41(56)43(39-29-63-31(2)50-39)51-62-49(6,7)47(58)61-48(3,4)5)19-15-32-11-13-33(14-12-32)25-53(8,9)26-35-18-22-40(55)42(23-35)60-27-34-16-20-37(59-10)21-17-34/h11-23,29,38,46H,24-28H2,1-10H3/p+1/b19-15?,51-43-/t38-,46-/m1/s1. The summed E-state index contributed by atoms with van der Waals surface area (Å²) in [4.78, 5) is 65.1. The fraction of sp³-hybridized carbons (Fsp3) is 0.388. The number of benzene rings is 3. The van der Waals surface area contributed by atoms with Crippen LogP contribution in [0.25, 0.3) is 6.08 Å². The van der Waals surface area contributed by atoms with Gasteiger partial charge in [0, 0.05) is 35.6 Å². The highest BCUT2D eigenvalue weighted by atomic mass is 32.2. The molecule has 15 heteroatoms. The Morgan fingerprint density at radius 3 is 2.23 bits per heavy atom. The minimum atomic E-state index is -1.51. The van der Waals surface area contributed by atoms with Crippen molar-refractivity contribution in [3.63, 3.8) is 0 Å². The zero-order valence-electron chi connectivity index (χ0n) is 38.1. The predicted octanol–water partition coefficient (Wildman–Crippen LogP) is 8.41. The molecule has 0 saturated carbocycles. The van der Waals surface area contributed by atoms with Gasteiger partial charge in [-0.1, -0.05) is 53.7 Å². The number of carbonyl (C=O) groups excluding carboxylic acids is 4. The molecule has 1 aromatic heterocycles. The average molecular weight is 910 g/mol. The van der Waals surface area contributed by atoms with E-state index >= 15 is 0 Å². The number of aryl methyl sites for hydroxylation is 1. The van der Waals surface area contributed by atoms with Gasteiger partial charge >= 0.3 is 5.97 Å². The molecule has 64 heavy (non-hydrogen) atoms. The Balaban J connectivity index is 1.08. The van der Waals surface area contributed by atoms with Crippen LogP contribution in [0, 0.1) is 12.8 Å². The van der Waals surface area contributed by atoms with Gasteiger partial charge in [0.25, 0.3) is 0 Å². The third-order valence-corrected chi connectivity index (χ3v) is 12.6. The van der Waals surface area contributed by atoms with Gasteiger partial charge in [-0.05, 0) is 88.6 Å². The van der Waals surface area contributed by atoms with E-state index < -0.39 is 34.2 Å². The van der Waals surface area contributed by atoms with Crippen LogP contribution < -0.4 is 9.47 Å². The molecule has 338 valence electrons. The molecule has 0 unspecified atom stereocenters. The van der Waals surface area contributed by atoms with Crippen LogP contribution in [0.4, 0.5) is 0 Å². The molecule has 2 aliphatic rings. The molecule has 0 aliphatic carbocycles. The van der Waals surface area contributed by atoms with Gasteiger partial charge in [-0.15, -0.1) is 23.1 Å². The molecule has 0 bridgehead atoms. The zero-order chi connectivity index (χ0) is 46.6. The second-order valence-electron chi connectivity index (χ2n) is 18.1. The molecule has 2 aliphatic heterocycles. The van der Waals surface area contributed by atoms with E-state index in [0.717, 1.165) is 40.1 Å². The van der Waals surface area contributed by atoms with E-state index in [0.29, 0.717) is 39.8 Å². The number of rotatable bonds is 18. The number of fused-ring (bicyclic) bond motifs is 1. The molecular weight excluding hydrogens is 853 g/mol. The van der Waals surface area contributed by atoms with Crippen molar-refractivity contribution in [2.24, 2.45) is 11.1 Å². The normalized spacial score (nSPS) is 16.9. The van der Waals surface area contributed by atoms with Crippen LogP contribution in [0.2, 0.25) is 0 Å². The number of phenols is 1. The molecule has 13 nitrogen and oxygen atoms in total. The molecule has 4 aromatic rings. The highest BCUT2D eigenvalue weighted by Crippen LogP contribution is 2.46. The Morgan fingerprint density at radius 2 is 1.61 bits per heavy atom. The minimum absolute atomic E-state index is 0.0879. The molecule has 6 rings (SSSR count). The van der Waals surface area contributed by atoms with Crippen molar-refractivity contribution in [3.05, 3.63) is 122 Å². The number of quaternary nitrogens is 1. The summed E-state index contributed by atoms with van der Waals surface area (Å²) in [7, 11) is 5.93. The Morgan fingerprint density at radius 1 is 0.953 bits per heavy atom. The number of esters is 1. The number of nitrogens with zero attached hydrogens (tertiary/aromatic N) is 4. The molecule has 3 aromatic carbocycles. The molecule has 3 heterocycles. The number of hydrogen-bond donors (Lipinski definition) is 1. The summed E-state index contributed by atoms with van der Waals surface area (Å²) in [5.41, 5.74) is 3.06. The first-order chi connectivity index (χ1) is 30.1. The number of allylic oxidation sites excluding steroid dienone is 2. The number of thioether (sulfide) groups is 1. The number of methoxy groups -OCH3 is 1. The first-order valence-electron chi connectivity index (χ1n) is 20.9. The van der Waals surface area contributed by atoms with Crippen LogP contribution >= 0.6 is 23.1 Å². The highest BCUT2D eigenvalue weighted by Gasteiger charge is 2.53. The Kier molecular flexibility index (Phi) is 14.6. The summed E-state index contributed by atoms with van der Waals surface area (Å²) in [6.07, 6.45) is 3.65. The third-order valence-electron chi connectivity index (χ3n) is 10.5. The van der Waals surface area contributed by atoms with Crippen molar-refractivity contribution in [1.29, 1.82) is 0 Å². The van der Waals surface area contributed by atoms with Crippen LogP contribution in [0.1, 0.15) is 80.9 Å². The van der Waals surface area contributed by atoms with Crippen molar-refractivity contribution in [2.75, 3.05) is 27.0 Å². The third kappa shape index (κ3) is 11.9. The lowest BCUT2D eigenvalue weighted by Crippen LogP contribution is -2.61. The number of oxime groups is 1. The number of hydrogen-bond acceptors (Lipinski definition) is 13. The van der Waals surface area contributed by atoms with Crippen LogP contribution in [0.5, 0.6) is 17.2 Å². The number of carbonyl (C=O) groups is 4. The van der Waals surface area contributed by atoms with Crippen LogP contribution in [-0.4, -0.2) is 92.2 Å². The molecular formula is C49H57N4O9S2+. The number of phenolic OH excluding ortho intramolecular Hbond substituents is 1. The second-order valence-corrected chi connectivity index (χ2v) is 20.3. The average Bonchev–Trinajstić information content (AvgIpc) is 3.66. The molecule has 0 radical (unpaired) electrons. The highest BCUT2D eigenvalue weighted by molar-refractivity contribution is 8.00. The molecule has 2 atom stereocenters. The summed E-state index contributed by atoms with van der Waals surface area (Å²) in [5, 5.41) is 16.6. The molecule has 1 amide bonds. The molecule has 1 N–H and O–H groups in total. The van der Waals surface area contributed by atoms with Crippen molar-refractivity contribution in [3.8, 4) is 17.2 Å². The number of Topliss-reactive ketones (excluding diaryl/α,β-unsaturated/α-hetero) is 2. The maximum atomic E-state index is 13.9. The minimum Gasteiger partial charge on any atom is -0.504 e. The monoisotopic (exact) mass is 909 g/mol. The van der Waals surface area contributed by atoms with Gasteiger partial charge in [0.2, 0.25) is 11.5 Å². The van der Waals surface area contributed by atoms with Crippen molar-refractivity contribution in [2.45, 2.75) is 91.2 Å². The Labute approximate surface area is 383 Å². The number of aromatic nitrogens is 1. The first-order valence-corrected chi connectivity index (χ1v) is 22.9. The summed E-state index contributed by atoms with van der Waals surface area (Å²) < 4.78 is 17.3. The summed E-state index contributed by atoms with van der Waals surface area (Å²) in [6.45, 7) is 13.2. The van der Waals surface area contributed by atoms with E-state index in [2.05, 4.69) is 36.4 Å². The van der Waals surface area contributed by atoms with Gasteiger partial charge < -0.3 is 28.6 Å². The molecule has 1 saturated heterocycles. The van der Waals surface area contributed by atoms with E-state index in [1.54, 1.807) is 46.3 Å². The smallest absolute Gasteiger partial charge is 0.353 e. The van der Waals surface area contributed by atoms with E-state index in [9.17, 15) is 24.3 Å². The number of ether oxygens (including phenoxy) is 3. The summed E-state index contributed by atoms with van der Waals surface area (Å²) >= 11 is 2.83. The Bertz CT molecular complexity index is 2480. The second kappa shape index (κ2) is 19.5. The quantitative estimate of drug-likeness (QED) is 0.0337. The van der Waals surface area contributed by atoms with Gasteiger partial charge in [-0.3, -0.25) is 19.3 Å². The number of ketones is 2. The molecule has 1 fully saturated rings. The Hall–Kier alpha value is -5.77. The van der Waals surface area contributed by atoms with Gasteiger partial charge in [0.15, 0.2) is 28.8 Å².